The zero-order valence-corrected chi connectivity index (χ0v) is 15.7. The Morgan fingerprint density at radius 2 is 1.93 bits per heavy atom. The Morgan fingerprint density at radius 1 is 1.15 bits per heavy atom. The fourth-order valence-corrected chi connectivity index (χ4v) is 3.32. The number of carbonyl (C=O) groups is 1. The molecule has 2 heterocycles. The lowest BCUT2D eigenvalue weighted by molar-refractivity contribution is -0.113. The van der Waals surface area contributed by atoms with E-state index >= 15 is 0 Å². The minimum absolute atomic E-state index is 0.261. The number of anilines is 2. The molecule has 0 spiro atoms. The molecule has 0 saturated carbocycles. The number of carbonyl (C=O) groups excluding carboxylic acids is 1. The number of aromatic nitrogens is 4. The van der Waals surface area contributed by atoms with Crippen molar-refractivity contribution in [1.82, 2.24) is 20.2 Å². The first-order valence-electron chi connectivity index (χ1n) is 8.11. The van der Waals surface area contributed by atoms with Gasteiger partial charge < -0.3 is 10.6 Å². The van der Waals surface area contributed by atoms with Crippen LogP contribution in [0.4, 0.5) is 11.6 Å². The molecule has 0 bridgehead atoms. The van der Waals surface area contributed by atoms with Crippen LogP contribution in [0.3, 0.4) is 0 Å². The number of hydrogen-bond donors (Lipinski definition) is 2. The third-order valence-electron chi connectivity index (χ3n) is 4.25. The van der Waals surface area contributed by atoms with Gasteiger partial charge in [-0.25, -0.2) is 0 Å². The van der Waals surface area contributed by atoms with Crippen molar-refractivity contribution in [3.05, 3.63) is 75.4 Å². The third-order valence-corrected chi connectivity index (χ3v) is 4.99. The molecule has 0 saturated heterocycles. The van der Waals surface area contributed by atoms with E-state index in [1.54, 1.807) is 22.9 Å². The molecule has 0 radical (unpaired) electrons. The van der Waals surface area contributed by atoms with Gasteiger partial charge in [-0.05, 0) is 47.2 Å². The van der Waals surface area contributed by atoms with Crippen LogP contribution in [0.25, 0.3) is 0 Å². The van der Waals surface area contributed by atoms with Crippen molar-refractivity contribution in [1.29, 1.82) is 0 Å². The van der Waals surface area contributed by atoms with E-state index in [0.717, 1.165) is 5.56 Å². The number of amides is 1. The second kappa shape index (κ2) is 7.02. The highest BCUT2D eigenvalue weighted by Gasteiger charge is 2.34. The second-order valence-corrected chi connectivity index (χ2v) is 6.82. The van der Waals surface area contributed by atoms with Gasteiger partial charge in [-0.1, -0.05) is 52.6 Å². The molecule has 136 valence electrons. The molecule has 7 nitrogen and oxygen atoms in total. The fourth-order valence-electron chi connectivity index (χ4n) is 3.02. The molecule has 1 aliphatic rings. The van der Waals surface area contributed by atoms with Crippen molar-refractivity contribution in [2.24, 2.45) is 0 Å². The molecule has 2 N–H and O–H groups in total. The third kappa shape index (κ3) is 3.27. The molecule has 1 atom stereocenters. The topological polar surface area (TPSA) is 84.7 Å². The Balaban J connectivity index is 1.79. The number of nitrogens with one attached hydrogen (secondary N) is 2. The Labute approximate surface area is 165 Å². The van der Waals surface area contributed by atoms with Crippen molar-refractivity contribution in [3.63, 3.8) is 0 Å². The number of benzene rings is 2. The van der Waals surface area contributed by atoms with Gasteiger partial charge in [0.25, 0.3) is 5.91 Å². The van der Waals surface area contributed by atoms with Gasteiger partial charge in [0.2, 0.25) is 5.95 Å². The van der Waals surface area contributed by atoms with Gasteiger partial charge in [0.15, 0.2) is 0 Å². The smallest absolute Gasteiger partial charge is 0.255 e. The van der Waals surface area contributed by atoms with Crippen LogP contribution < -0.4 is 10.6 Å². The molecule has 0 unspecified atom stereocenters. The number of allylic oxidation sites excluding steroid dienone is 1. The zero-order chi connectivity index (χ0) is 19.0. The number of nitrogens with zero attached hydrogens (tertiary/aromatic N) is 4. The number of fused-ring (bicyclic) bond motifs is 1. The number of tetrazole rings is 1. The molecule has 0 fully saturated rings. The second-order valence-electron chi connectivity index (χ2n) is 6.01. The van der Waals surface area contributed by atoms with E-state index in [1.807, 2.05) is 37.3 Å². The van der Waals surface area contributed by atoms with Gasteiger partial charge in [-0.2, -0.15) is 4.68 Å². The largest absolute Gasteiger partial charge is 0.326 e. The number of hydrogen-bond acceptors (Lipinski definition) is 5. The summed E-state index contributed by atoms with van der Waals surface area (Å²) in [5.74, 6) is 0.184. The first-order valence-corrected chi connectivity index (χ1v) is 8.87. The predicted octanol–water partition coefficient (Wildman–Crippen LogP) is 3.91. The van der Waals surface area contributed by atoms with Crippen molar-refractivity contribution < 1.29 is 4.79 Å². The van der Waals surface area contributed by atoms with Crippen LogP contribution in [0.1, 0.15) is 18.5 Å². The number of para-hydroxylation sites is 1. The molecule has 3 aromatic rings. The summed E-state index contributed by atoms with van der Waals surface area (Å²) in [5, 5.41) is 18.5. The van der Waals surface area contributed by atoms with Crippen LogP contribution in [-0.4, -0.2) is 26.1 Å². The number of halogens is 2. The van der Waals surface area contributed by atoms with Crippen LogP contribution in [0.5, 0.6) is 0 Å². The average molecular weight is 401 g/mol. The average Bonchev–Trinajstić information content (AvgIpc) is 3.11. The maximum atomic E-state index is 13.1. The van der Waals surface area contributed by atoms with Crippen LogP contribution in [0.2, 0.25) is 10.0 Å². The quantitative estimate of drug-likeness (QED) is 0.695. The Hall–Kier alpha value is -2.90. The molecule has 9 heteroatoms. The lowest BCUT2D eigenvalue weighted by Crippen LogP contribution is -2.31. The van der Waals surface area contributed by atoms with Gasteiger partial charge in [0.05, 0.1) is 15.6 Å². The van der Waals surface area contributed by atoms with Gasteiger partial charge in [-0.3, -0.25) is 4.79 Å². The molecular weight excluding hydrogens is 387 g/mol. The summed E-state index contributed by atoms with van der Waals surface area (Å²) in [4.78, 5) is 13.1. The lowest BCUT2D eigenvalue weighted by atomic mass is 9.95. The minimum atomic E-state index is -0.547. The lowest BCUT2D eigenvalue weighted by Gasteiger charge is -2.28. The monoisotopic (exact) mass is 400 g/mol. The first kappa shape index (κ1) is 17.5. The van der Waals surface area contributed by atoms with E-state index in [9.17, 15) is 4.79 Å². The van der Waals surface area contributed by atoms with Crippen LogP contribution in [0.15, 0.2) is 59.8 Å². The summed E-state index contributed by atoms with van der Waals surface area (Å²) in [6.45, 7) is 1.81. The van der Waals surface area contributed by atoms with E-state index < -0.39 is 6.04 Å². The highest BCUT2D eigenvalue weighted by Crippen LogP contribution is 2.37. The first-order chi connectivity index (χ1) is 13.0. The van der Waals surface area contributed by atoms with Crippen molar-refractivity contribution in [2.45, 2.75) is 13.0 Å². The molecule has 2 aromatic carbocycles. The van der Waals surface area contributed by atoms with E-state index in [2.05, 4.69) is 26.2 Å². The van der Waals surface area contributed by atoms with E-state index in [4.69, 9.17) is 23.2 Å². The van der Waals surface area contributed by atoms with Crippen LogP contribution in [0, 0.1) is 0 Å². The SMILES string of the molecule is CC1=C(C(=O)Nc2ccccc2)[C@H](c2ccc(Cl)c(Cl)c2)n2nnnc2N1. The van der Waals surface area contributed by atoms with Crippen molar-refractivity contribution in [3.8, 4) is 0 Å². The van der Waals surface area contributed by atoms with Crippen molar-refractivity contribution in [2.75, 3.05) is 10.6 Å². The molecule has 4 rings (SSSR count). The zero-order valence-electron chi connectivity index (χ0n) is 14.1. The highest BCUT2D eigenvalue weighted by atomic mass is 35.5. The Kier molecular flexibility index (Phi) is 4.55. The molecule has 1 aliphatic heterocycles. The van der Waals surface area contributed by atoms with Gasteiger partial charge in [0, 0.05) is 11.4 Å². The summed E-state index contributed by atoms with van der Waals surface area (Å²) in [6, 6.07) is 13.9. The molecule has 1 aromatic heterocycles. The van der Waals surface area contributed by atoms with Crippen LogP contribution in [-0.2, 0) is 4.79 Å². The predicted molar refractivity (Wildman–Crippen MR) is 104 cm³/mol. The minimum Gasteiger partial charge on any atom is -0.326 e. The summed E-state index contributed by atoms with van der Waals surface area (Å²) >= 11 is 12.3. The van der Waals surface area contributed by atoms with E-state index in [0.29, 0.717) is 33.0 Å². The maximum Gasteiger partial charge on any atom is 0.255 e. The van der Waals surface area contributed by atoms with Gasteiger partial charge >= 0.3 is 0 Å². The summed E-state index contributed by atoms with van der Waals surface area (Å²) in [6.07, 6.45) is 0. The van der Waals surface area contributed by atoms with Gasteiger partial charge in [-0.15, -0.1) is 0 Å². The van der Waals surface area contributed by atoms with Gasteiger partial charge in [0.1, 0.15) is 6.04 Å². The van der Waals surface area contributed by atoms with E-state index in [1.165, 1.54) is 0 Å². The maximum absolute atomic E-state index is 13.1. The van der Waals surface area contributed by atoms with Crippen LogP contribution >= 0.6 is 23.2 Å². The molecular formula is C18H14Cl2N6O. The summed E-state index contributed by atoms with van der Waals surface area (Å²) < 4.78 is 1.55. The molecule has 0 aliphatic carbocycles. The summed E-state index contributed by atoms with van der Waals surface area (Å²) in [7, 11) is 0. The van der Waals surface area contributed by atoms with E-state index in [-0.39, 0.29) is 5.91 Å². The number of rotatable bonds is 3. The Bertz CT molecular complexity index is 1050. The molecule has 27 heavy (non-hydrogen) atoms. The highest BCUT2D eigenvalue weighted by molar-refractivity contribution is 6.42. The Morgan fingerprint density at radius 3 is 2.67 bits per heavy atom. The fraction of sp³-hybridized carbons (Fsp3) is 0.111. The molecule has 1 amide bonds. The van der Waals surface area contributed by atoms with Crippen molar-refractivity contribution >= 4 is 40.7 Å². The standard InChI is InChI=1S/C18H14Cl2N6O/c1-10-15(17(27)22-12-5-3-2-4-6-12)16(26-18(21-10)23-24-25-26)11-7-8-13(19)14(20)9-11/h2-9,16H,1H3,(H,22,27)(H,21,23,25)/t16-/m0/s1. The normalized spacial score (nSPS) is 15.9. The summed E-state index contributed by atoms with van der Waals surface area (Å²) in [5.41, 5.74) is 2.58.